The number of hydrogen-bond donors (Lipinski definition) is 3. The number of benzene rings is 2. The molecular weight excluding hydrogens is 473 g/mol. The topological polar surface area (TPSA) is 105 Å². The van der Waals surface area contributed by atoms with Crippen LogP contribution in [0.5, 0.6) is 5.75 Å². The molecule has 0 spiro atoms. The van der Waals surface area contributed by atoms with E-state index < -0.39 is 7.14 Å². The number of halogens is 1. The van der Waals surface area contributed by atoms with Crippen LogP contribution < -0.4 is 26.0 Å². The summed E-state index contributed by atoms with van der Waals surface area (Å²) in [4.78, 5) is 20.8. The van der Waals surface area contributed by atoms with Crippen LogP contribution in [0.15, 0.2) is 60.3 Å². The van der Waals surface area contributed by atoms with Crippen LogP contribution in [0.1, 0.15) is 13.8 Å². The van der Waals surface area contributed by atoms with E-state index in [0.717, 1.165) is 5.57 Å². The minimum absolute atomic E-state index is 0.229. The lowest BCUT2D eigenvalue weighted by Gasteiger charge is -2.16. The summed E-state index contributed by atoms with van der Waals surface area (Å²) in [5.74, 6) is 0.920. The number of hydrogen-bond acceptors (Lipinski definition) is 7. The molecule has 3 rings (SSSR count). The van der Waals surface area contributed by atoms with Gasteiger partial charge in [-0.15, -0.1) is 0 Å². The van der Waals surface area contributed by atoms with E-state index in [9.17, 15) is 9.36 Å². The number of allylic oxidation sites excluding steroid dienone is 1. The molecule has 0 saturated carbocycles. The Bertz CT molecular complexity index is 1290. The molecule has 34 heavy (non-hydrogen) atoms. The molecule has 0 radical (unpaired) electrons. The Hall–Kier alpha value is -3.35. The molecule has 0 aliphatic heterocycles. The number of ether oxygens (including phenoxy) is 1. The molecule has 0 aliphatic carbocycles. The smallest absolute Gasteiger partial charge is 0.248 e. The summed E-state index contributed by atoms with van der Waals surface area (Å²) in [6.07, 6.45) is 2.98. The highest BCUT2D eigenvalue weighted by Gasteiger charge is 2.17. The number of carbonyl (C=O) groups is 1. The summed E-state index contributed by atoms with van der Waals surface area (Å²) in [6.45, 7) is 7.11. The van der Waals surface area contributed by atoms with Crippen LogP contribution in [0.3, 0.4) is 0 Å². The van der Waals surface area contributed by atoms with Crippen LogP contribution in [0.4, 0.5) is 28.8 Å². The first-order chi connectivity index (χ1) is 16.1. The zero-order chi connectivity index (χ0) is 24.9. The van der Waals surface area contributed by atoms with Gasteiger partial charge in [-0.25, -0.2) is 4.98 Å². The van der Waals surface area contributed by atoms with Gasteiger partial charge in [-0.05, 0) is 57.5 Å². The highest BCUT2D eigenvalue weighted by atomic mass is 35.5. The fourth-order valence-corrected chi connectivity index (χ4v) is 4.43. The van der Waals surface area contributed by atoms with Gasteiger partial charge in [-0.2, -0.15) is 4.98 Å². The highest BCUT2D eigenvalue weighted by Crippen LogP contribution is 2.39. The maximum Gasteiger partial charge on any atom is 0.248 e. The molecule has 10 heteroatoms. The molecule has 1 heterocycles. The Labute approximate surface area is 204 Å². The number of para-hydroxylation sites is 1. The van der Waals surface area contributed by atoms with Crippen LogP contribution in [0.25, 0.3) is 0 Å². The fraction of sp³-hybridized carbons (Fsp3) is 0.208. The molecule has 0 bridgehead atoms. The third-order valence-electron chi connectivity index (χ3n) is 4.61. The minimum Gasteiger partial charge on any atom is -0.495 e. The molecule has 0 atom stereocenters. The van der Waals surface area contributed by atoms with Gasteiger partial charge in [0.25, 0.3) is 0 Å². The van der Waals surface area contributed by atoms with Gasteiger partial charge in [0.2, 0.25) is 11.9 Å². The number of amides is 1. The Morgan fingerprint density at radius 2 is 1.82 bits per heavy atom. The molecule has 0 unspecified atom stereocenters. The predicted octanol–water partition coefficient (Wildman–Crippen LogP) is 5.78. The first-order valence-corrected chi connectivity index (χ1v) is 13.4. The van der Waals surface area contributed by atoms with Crippen molar-refractivity contribution in [2.75, 3.05) is 36.4 Å². The van der Waals surface area contributed by atoms with Crippen molar-refractivity contribution in [2.45, 2.75) is 13.8 Å². The SMILES string of the molecule is COc1ccc(NC(=O)C=C(C)C)cc1Nc1ncc(Cl)c(Nc2ccccc2P(C)(C)=O)n1. The van der Waals surface area contributed by atoms with E-state index in [0.29, 0.717) is 39.0 Å². The molecule has 1 aromatic heterocycles. The largest absolute Gasteiger partial charge is 0.495 e. The summed E-state index contributed by atoms with van der Waals surface area (Å²) in [5.41, 5.74) is 2.68. The Morgan fingerprint density at radius 3 is 2.50 bits per heavy atom. The van der Waals surface area contributed by atoms with Gasteiger partial charge >= 0.3 is 0 Å². The zero-order valence-corrected chi connectivity index (χ0v) is 21.3. The fourth-order valence-electron chi connectivity index (χ4n) is 3.14. The summed E-state index contributed by atoms with van der Waals surface area (Å²) < 4.78 is 18.1. The zero-order valence-electron chi connectivity index (χ0n) is 19.6. The van der Waals surface area contributed by atoms with E-state index in [2.05, 4.69) is 25.9 Å². The van der Waals surface area contributed by atoms with Crippen LogP contribution >= 0.6 is 18.7 Å². The van der Waals surface area contributed by atoms with E-state index in [4.69, 9.17) is 16.3 Å². The number of nitrogens with zero attached hydrogens (tertiary/aromatic N) is 2. The molecule has 8 nitrogen and oxygen atoms in total. The van der Waals surface area contributed by atoms with Crippen molar-refractivity contribution in [3.8, 4) is 5.75 Å². The number of carbonyl (C=O) groups excluding carboxylic acids is 1. The number of anilines is 5. The van der Waals surface area contributed by atoms with Crippen molar-refractivity contribution >= 4 is 58.8 Å². The molecule has 0 saturated heterocycles. The van der Waals surface area contributed by atoms with Crippen LogP contribution in [0.2, 0.25) is 5.02 Å². The van der Waals surface area contributed by atoms with E-state index in [1.807, 2.05) is 38.1 Å². The standard InChI is InChI=1S/C24H27ClN5O3P/c1-15(2)12-22(31)27-16-10-11-20(33-3)19(13-16)29-24-26-14-17(25)23(30-24)28-18-8-6-7-9-21(18)34(4,5)32/h6-14H,1-5H3,(H,27,31)(H2,26,28,29,30). The lowest BCUT2D eigenvalue weighted by atomic mass is 10.2. The van der Waals surface area contributed by atoms with Crippen molar-refractivity contribution in [1.82, 2.24) is 9.97 Å². The van der Waals surface area contributed by atoms with Gasteiger partial charge in [-0.3, -0.25) is 4.79 Å². The summed E-state index contributed by atoms with van der Waals surface area (Å²) in [7, 11) is -0.987. The van der Waals surface area contributed by atoms with Gasteiger partial charge in [0.05, 0.1) is 24.7 Å². The first-order valence-electron chi connectivity index (χ1n) is 10.4. The van der Waals surface area contributed by atoms with Crippen LogP contribution in [-0.4, -0.2) is 36.3 Å². The van der Waals surface area contributed by atoms with Crippen molar-refractivity contribution < 1.29 is 14.1 Å². The Morgan fingerprint density at radius 1 is 1.09 bits per heavy atom. The normalized spacial score (nSPS) is 10.9. The second kappa shape index (κ2) is 10.7. The van der Waals surface area contributed by atoms with Crippen molar-refractivity contribution in [3.05, 3.63) is 65.3 Å². The lowest BCUT2D eigenvalue weighted by molar-refractivity contribution is -0.111. The van der Waals surface area contributed by atoms with Crippen molar-refractivity contribution in [3.63, 3.8) is 0 Å². The second-order valence-electron chi connectivity index (χ2n) is 8.13. The van der Waals surface area contributed by atoms with Crippen molar-refractivity contribution in [1.29, 1.82) is 0 Å². The number of methoxy groups -OCH3 is 1. The van der Waals surface area contributed by atoms with E-state index >= 15 is 0 Å². The quantitative estimate of drug-likeness (QED) is 0.266. The third kappa shape index (κ3) is 6.59. The molecule has 1 amide bonds. The van der Waals surface area contributed by atoms with Gasteiger partial charge in [0, 0.05) is 17.1 Å². The summed E-state index contributed by atoms with van der Waals surface area (Å²) in [5, 5.41) is 10.1. The Balaban J connectivity index is 1.90. The first kappa shape index (κ1) is 25.3. The van der Waals surface area contributed by atoms with Gasteiger partial charge in [-0.1, -0.05) is 29.3 Å². The van der Waals surface area contributed by atoms with E-state index in [1.54, 1.807) is 38.6 Å². The average molecular weight is 500 g/mol. The monoisotopic (exact) mass is 499 g/mol. The number of nitrogens with one attached hydrogen (secondary N) is 3. The maximum absolute atomic E-state index is 12.7. The van der Waals surface area contributed by atoms with E-state index in [-0.39, 0.29) is 11.9 Å². The van der Waals surface area contributed by atoms with Crippen molar-refractivity contribution in [2.24, 2.45) is 0 Å². The second-order valence-corrected chi connectivity index (χ2v) is 11.7. The van der Waals surface area contributed by atoms with Gasteiger partial charge in [0.15, 0.2) is 5.82 Å². The maximum atomic E-state index is 12.7. The molecule has 2 aromatic carbocycles. The summed E-state index contributed by atoms with van der Waals surface area (Å²) in [6, 6.07) is 12.5. The van der Waals surface area contributed by atoms with Gasteiger partial charge in [0.1, 0.15) is 17.9 Å². The van der Waals surface area contributed by atoms with Crippen LogP contribution in [-0.2, 0) is 9.36 Å². The Kier molecular flexibility index (Phi) is 7.97. The highest BCUT2D eigenvalue weighted by molar-refractivity contribution is 7.70. The number of rotatable bonds is 8. The van der Waals surface area contributed by atoms with Gasteiger partial charge < -0.3 is 25.3 Å². The predicted molar refractivity (Wildman–Crippen MR) is 140 cm³/mol. The minimum atomic E-state index is -2.53. The van der Waals surface area contributed by atoms with E-state index in [1.165, 1.54) is 12.3 Å². The molecule has 3 aromatic rings. The molecular formula is C24H27ClN5O3P. The third-order valence-corrected chi connectivity index (χ3v) is 6.44. The molecule has 3 N–H and O–H groups in total. The van der Waals surface area contributed by atoms with Crippen LogP contribution in [0, 0.1) is 0 Å². The molecule has 178 valence electrons. The summed E-state index contributed by atoms with van der Waals surface area (Å²) >= 11 is 6.34. The lowest BCUT2D eigenvalue weighted by Crippen LogP contribution is -2.11. The molecule has 0 aliphatic rings. The number of aromatic nitrogens is 2. The molecule has 0 fully saturated rings. The average Bonchev–Trinajstić information content (AvgIpc) is 2.75.